The quantitative estimate of drug-likeness (QED) is 0.869. The van der Waals surface area contributed by atoms with Crippen molar-refractivity contribution in [2.45, 2.75) is 39.5 Å². The lowest BCUT2D eigenvalue weighted by molar-refractivity contribution is -0.140. The molecule has 0 amide bonds. The highest BCUT2D eigenvalue weighted by Crippen LogP contribution is 2.54. The Hall–Kier alpha value is -1.71. The molecule has 0 radical (unpaired) electrons. The highest BCUT2D eigenvalue weighted by Gasteiger charge is 2.47. The first-order valence-electron chi connectivity index (χ1n) is 7.59. The summed E-state index contributed by atoms with van der Waals surface area (Å²) in [4.78, 5) is 13.8. The Morgan fingerprint density at radius 1 is 1.38 bits per heavy atom. The second-order valence-corrected chi connectivity index (χ2v) is 6.58. The van der Waals surface area contributed by atoms with E-state index in [0.717, 1.165) is 24.1 Å². The minimum Gasteiger partial charge on any atom is -0.508 e. The van der Waals surface area contributed by atoms with Crippen molar-refractivity contribution in [2.75, 3.05) is 25.1 Å². The molecular weight excluding hydrogens is 266 g/mol. The first-order valence-corrected chi connectivity index (χ1v) is 7.59. The number of fused-ring (bicyclic) bond motifs is 1. The number of phenolic OH excluding ortho intramolecular Hbond substituents is 1. The topological polar surface area (TPSA) is 49.8 Å². The largest absolute Gasteiger partial charge is 0.508 e. The van der Waals surface area contributed by atoms with Crippen LogP contribution in [-0.2, 0) is 16.0 Å². The first kappa shape index (κ1) is 14.2. The third-order valence-corrected chi connectivity index (χ3v) is 5.10. The van der Waals surface area contributed by atoms with Gasteiger partial charge in [0.1, 0.15) is 5.75 Å². The van der Waals surface area contributed by atoms with Crippen molar-refractivity contribution in [2.24, 2.45) is 5.41 Å². The standard InChI is InChI=1S/C17H23NO3/c1-11-12(2)16-13(8-14(11)19)9-17(5-6-17)10-18(16)7-4-15(20)21-3/h8,19H,4-7,9-10H2,1-3H3. The summed E-state index contributed by atoms with van der Waals surface area (Å²) >= 11 is 0. The summed E-state index contributed by atoms with van der Waals surface area (Å²) in [5, 5.41) is 10.1. The number of nitrogens with zero attached hydrogens (tertiary/aromatic N) is 1. The van der Waals surface area contributed by atoms with Gasteiger partial charge in [0.2, 0.25) is 0 Å². The summed E-state index contributed by atoms with van der Waals surface area (Å²) in [6.45, 7) is 5.71. The van der Waals surface area contributed by atoms with E-state index in [1.54, 1.807) is 0 Å². The molecule has 114 valence electrons. The maximum atomic E-state index is 11.5. The van der Waals surface area contributed by atoms with Crippen LogP contribution in [0.3, 0.4) is 0 Å². The Balaban J connectivity index is 1.94. The summed E-state index contributed by atoms with van der Waals surface area (Å²) in [5.41, 5.74) is 4.88. The highest BCUT2D eigenvalue weighted by atomic mass is 16.5. The molecule has 0 aromatic heterocycles. The van der Waals surface area contributed by atoms with Crippen LogP contribution in [0.4, 0.5) is 5.69 Å². The average Bonchev–Trinajstić information content (AvgIpc) is 3.20. The van der Waals surface area contributed by atoms with Crippen LogP contribution in [0.25, 0.3) is 0 Å². The van der Waals surface area contributed by atoms with E-state index >= 15 is 0 Å². The van der Waals surface area contributed by atoms with E-state index in [2.05, 4.69) is 11.8 Å². The van der Waals surface area contributed by atoms with Gasteiger partial charge < -0.3 is 14.7 Å². The van der Waals surface area contributed by atoms with E-state index in [1.165, 1.54) is 31.2 Å². The molecule has 2 aliphatic rings. The Bertz CT molecular complexity index is 590. The molecule has 1 aromatic carbocycles. The number of benzene rings is 1. The Labute approximate surface area is 125 Å². The minimum atomic E-state index is -0.167. The monoisotopic (exact) mass is 289 g/mol. The summed E-state index contributed by atoms with van der Waals surface area (Å²) in [6, 6.07) is 1.92. The first-order chi connectivity index (χ1) is 9.96. The molecule has 1 aliphatic carbocycles. The fourth-order valence-corrected chi connectivity index (χ4v) is 3.50. The van der Waals surface area contributed by atoms with Gasteiger partial charge in [0.25, 0.3) is 0 Å². The van der Waals surface area contributed by atoms with Gasteiger partial charge in [-0.25, -0.2) is 0 Å². The van der Waals surface area contributed by atoms with Crippen LogP contribution < -0.4 is 4.90 Å². The maximum Gasteiger partial charge on any atom is 0.307 e. The molecule has 21 heavy (non-hydrogen) atoms. The minimum absolute atomic E-state index is 0.167. The van der Waals surface area contributed by atoms with Crippen molar-refractivity contribution in [3.8, 4) is 5.75 Å². The number of hydrogen-bond acceptors (Lipinski definition) is 4. The van der Waals surface area contributed by atoms with Crippen LogP contribution in [0, 0.1) is 19.3 Å². The lowest BCUT2D eigenvalue weighted by Crippen LogP contribution is -2.38. The molecule has 0 bridgehead atoms. The zero-order chi connectivity index (χ0) is 15.2. The Morgan fingerprint density at radius 2 is 2.10 bits per heavy atom. The molecule has 3 rings (SSSR count). The van der Waals surface area contributed by atoms with Gasteiger partial charge in [-0.05, 0) is 61.3 Å². The number of ether oxygens (including phenoxy) is 1. The van der Waals surface area contributed by atoms with Crippen molar-refractivity contribution in [1.29, 1.82) is 0 Å². The van der Waals surface area contributed by atoms with E-state index in [4.69, 9.17) is 4.74 Å². The summed E-state index contributed by atoms with van der Waals surface area (Å²) in [7, 11) is 1.43. The molecule has 1 heterocycles. The van der Waals surface area contributed by atoms with Crippen molar-refractivity contribution >= 4 is 11.7 Å². The SMILES string of the molecule is COC(=O)CCN1CC2(CC2)Cc2cc(O)c(C)c(C)c21. The zero-order valence-electron chi connectivity index (χ0n) is 13.0. The lowest BCUT2D eigenvalue weighted by atomic mass is 9.86. The van der Waals surface area contributed by atoms with E-state index in [1.807, 2.05) is 13.0 Å². The van der Waals surface area contributed by atoms with Gasteiger partial charge in [-0.3, -0.25) is 4.79 Å². The molecule has 1 aliphatic heterocycles. The predicted octanol–water partition coefficient (Wildman–Crippen LogP) is 2.71. The Morgan fingerprint density at radius 3 is 2.71 bits per heavy atom. The fraction of sp³-hybridized carbons (Fsp3) is 0.588. The molecule has 0 unspecified atom stereocenters. The van der Waals surface area contributed by atoms with Gasteiger partial charge in [0.15, 0.2) is 0 Å². The smallest absolute Gasteiger partial charge is 0.307 e. The molecule has 1 fully saturated rings. The van der Waals surface area contributed by atoms with Gasteiger partial charge in [-0.1, -0.05) is 0 Å². The molecule has 0 atom stereocenters. The lowest BCUT2D eigenvalue weighted by Gasteiger charge is -2.38. The normalized spacial score (nSPS) is 18.5. The highest BCUT2D eigenvalue weighted by molar-refractivity contribution is 5.72. The number of carbonyl (C=O) groups is 1. The second kappa shape index (κ2) is 4.93. The number of anilines is 1. The Kier molecular flexibility index (Phi) is 3.34. The average molecular weight is 289 g/mol. The van der Waals surface area contributed by atoms with Crippen LogP contribution in [0.15, 0.2) is 6.07 Å². The molecule has 1 spiro atoms. The molecule has 0 saturated heterocycles. The van der Waals surface area contributed by atoms with E-state index in [0.29, 0.717) is 24.1 Å². The van der Waals surface area contributed by atoms with Gasteiger partial charge >= 0.3 is 5.97 Å². The van der Waals surface area contributed by atoms with E-state index < -0.39 is 0 Å². The van der Waals surface area contributed by atoms with Crippen LogP contribution in [-0.4, -0.2) is 31.3 Å². The number of esters is 1. The van der Waals surface area contributed by atoms with Gasteiger partial charge in [-0.15, -0.1) is 0 Å². The fourth-order valence-electron chi connectivity index (χ4n) is 3.50. The molecule has 4 heteroatoms. The number of aromatic hydroxyl groups is 1. The summed E-state index contributed by atoms with van der Waals surface area (Å²) < 4.78 is 4.76. The maximum absolute atomic E-state index is 11.5. The van der Waals surface area contributed by atoms with Crippen LogP contribution >= 0.6 is 0 Å². The number of carbonyl (C=O) groups excluding carboxylic acids is 1. The van der Waals surface area contributed by atoms with E-state index in [-0.39, 0.29) is 5.97 Å². The third kappa shape index (κ3) is 2.47. The van der Waals surface area contributed by atoms with Crippen LogP contribution in [0.5, 0.6) is 5.75 Å². The van der Waals surface area contributed by atoms with Crippen molar-refractivity contribution in [3.63, 3.8) is 0 Å². The van der Waals surface area contributed by atoms with Crippen molar-refractivity contribution in [3.05, 3.63) is 22.8 Å². The number of hydrogen-bond donors (Lipinski definition) is 1. The number of rotatable bonds is 3. The molecule has 4 nitrogen and oxygen atoms in total. The van der Waals surface area contributed by atoms with Crippen LogP contribution in [0.1, 0.15) is 36.0 Å². The number of methoxy groups -OCH3 is 1. The van der Waals surface area contributed by atoms with Gasteiger partial charge in [0.05, 0.1) is 13.5 Å². The summed E-state index contributed by atoms with van der Waals surface area (Å²) in [5.74, 6) is 0.219. The van der Waals surface area contributed by atoms with Gasteiger partial charge in [0, 0.05) is 18.8 Å². The third-order valence-electron chi connectivity index (χ3n) is 5.10. The predicted molar refractivity (Wildman–Crippen MR) is 81.8 cm³/mol. The molecular formula is C17H23NO3. The van der Waals surface area contributed by atoms with E-state index in [9.17, 15) is 9.90 Å². The van der Waals surface area contributed by atoms with Gasteiger partial charge in [-0.2, -0.15) is 0 Å². The summed E-state index contributed by atoms with van der Waals surface area (Å²) in [6.07, 6.45) is 3.95. The van der Waals surface area contributed by atoms with Crippen molar-refractivity contribution < 1.29 is 14.6 Å². The molecule has 1 saturated carbocycles. The van der Waals surface area contributed by atoms with Crippen molar-refractivity contribution in [1.82, 2.24) is 0 Å². The van der Waals surface area contributed by atoms with Crippen LogP contribution in [0.2, 0.25) is 0 Å². The zero-order valence-corrected chi connectivity index (χ0v) is 13.0. The molecule has 1 N–H and O–H groups in total. The second-order valence-electron chi connectivity index (χ2n) is 6.58. The molecule has 1 aromatic rings. The number of phenols is 1.